The van der Waals surface area contributed by atoms with Crippen LogP contribution in [0.1, 0.15) is 64.7 Å². The minimum Gasteiger partial charge on any atom is -0.481 e. The summed E-state index contributed by atoms with van der Waals surface area (Å²) >= 11 is 0. The highest BCUT2D eigenvalue weighted by atomic mass is 16.4. The number of hydrogen-bond acceptors (Lipinski definition) is 2. The van der Waals surface area contributed by atoms with Gasteiger partial charge in [-0.3, -0.25) is 9.59 Å². The van der Waals surface area contributed by atoms with Gasteiger partial charge in [-0.2, -0.15) is 0 Å². The van der Waals surface area contributed by atoms with E-state index in [0.29, 0.717) is 29.5 Å². The molecule has 1 N–H and O–H groups in total. The van der Waals surface area contributed by atoms with E-state index in [9.17, 15) is 9.59 Å². The SMILES string of the molecule is CC12CCC3C4CCC(=O)C=C4CCC3C1C1CC1C2CCC(=O)O. The van der Waals surface area contributed by atoms with E-state index >= 15 is 0 Å². The highest BCUT2D eigenvalue weighted by Gasteiger charge is 2.68. The number of ketones is 1. The molecule has 0 saturated heterocycles. The van der Waals surface area contributed by atoms with Gasteiger partial charge in [-0.15, -0.1) is 0 Å². The lowest BCUT2D eigenvalue weighted by molar-refractivity contribution is -0.137. The molecule has 0 aliphatic heterocycles. The van der Waals surface area contributed by atoms with Gasteiger partial charge in [0, 0.05) is 12.8 Å². The lowest BCUT2D eigenvalue weighted by atomic mass is 9.49. The highest BCUT2D eigenvalue weighted by molar-refractivity contribution is 5.91. The molecule has 136 valence electrons. The average molecular weight is 342 g/mol. The van der Waals surface area contributed by atoms with E-state index in [4.69, 9.17) is 5.11 Å². The van der Waals surface area contributed by atoms with Crippen LogP contribution in [-0.4, -0.2) is 16.9 Å². The van der Waals surface area contributed by atoms with Gasteiger partial charge in [0.2, 0.25) is 0 Å². The van der Waals surface area contributed by atoms with Crippen LogP contribution in [0.25, 0.3) is 0 Å². The molecule has 4 saturated carbocycles. The first-order valence-electron chi connectivity index (χ1n) is 10.4. The topological polar surface area (TPSA) is 54.4 Å². The molecule has 25 heavy (non-hydrogen) atoms. The first-order chi connectivity index (χ1) is 12.0. The molecule has 0 aromatic heterocycles. The molecule has 5 aliphatic rings. The smallest absolute Gasteiger partial charge is 0.303 e. The maximum Gasteiger partial charge on any atom is 0.303 e. The largest absolute Gasteiger partial charge is 0.481 e. The lowest BCUT2D eigenvalue weighted by Crippen LogP contribution is -2.48. The second-order valence-corrected chi connectivity index (χ2v) is 9.87. The Hall–Kier alpha value is -1.12. The molecule has 0 heterocycles. The lowest BCUT2D eigenvalue weighted by Gasteiger charge is -2.55. The highest BCUT2D eigenvalue weighted by Crippen LogP contribution is 2.75. The van der Waals surface area contributed by atoms with E-state index in [-0.39, 0.29) is 0 Å². The normalized spacial score (nSPS) is 50.2. The molecule has 5 rings (SSSR count). The van der Waals surface area contributed by atoms with E-state index in [1.54, 1.807) is 0 Å². The van der Waals surface area contributed by atoms with Gasteiger partial charge in [0.15, 0.2) is 5.78 Å². The van der Waals surface area contributed by atoms with Crippen molar-refractivity contribution < 1.29 is 14.7 Å². The summed E-state index contributed by atoms with van der Waals surface area (Å²) in [4.78, 5) is 22.9. The van der Waals surface area contributed by atoms with Crippen LogP contribution in [0.3, 0.4) is 0 Å². The molecule has 5 aliphatic carbocycles. The second kappa shape index (κ2) is 5.44. The molecule has 8 atom stereocenters. The Bertz CT molecular complexity index is 650. The van der Waals surface area contributed by atoms with Gasteiger partial charge in [0.25, 0.3) is 0 Å². The van der Waals surface area contributed by atoms with E-state index < -0.39 is 5.97 Å². The molecular weight excluding hydrogens is 312 g/mol. The molecule has 0 bridgehead atoms. The van der Waals surface area contributed by atoms with Crippen molar-refractivity contribution in [1.82, 2.24) is 0 Å². The number of fused-ring (bicyclic) bond motifs is 7. The van der Waals surface area contributed by atoms with Crippen LogP contribution in [0.15, 0.2) is 11.6 Å². The summed E-state index contributed by atoms with van der Waals surface area (Å²) in [5.74, 6) is 5.20. The maximum atomic E-state index is 11.8. The van der Waals surface area contributed by atoms with Gasteiger partial charge in [-0.1, -0.05) is 12.5 Å². The van der Waals surface area contributed by atoms with E-state index in [1.165, 1.54) is 31.3 Å². The molecule has 0 amide bonds. The Morgan fingerprint density at radius 2 is 2.00 bits per heavy atom. The summed E-state index contributed by atoms with van der Waals surface area (Å²) in [7, 11) is 0. The van der Waals surface area contributed by atoms with Crippen LogP contribution in [0.4, 0.5) is 0 Å². The minimum atomic E-state index is -0.628. The predicted octanol–water partition coefficient (Wildman–Crippen LogP) is 4.47. The monoisotopic (exact) mass is 342 g/mol. The maximum absolute atomic E-state index is 11.8. The van der Waals surface area contributed by atoms with Crippen molar-refractivity contribution in [2.45, 2.75) is 64.7 Å². The van der Waals surface area contributed by atoms with Gasteiger partial charge in [0.05, 0.1) is 0 Å². The molecule has 3 heteroatoms. The Morgan fingerprint density at radius 1 is 1.16 bits per heavy atom. The van der Waals surface area contributed by atoms with Crippen molar-refractivity contribution in [3.05, 3.63) is 11.6 Å². The first kappa shape index (κ1) is 16.1. The third-order valence-electron chi connectivity index (χ3n) is 8.98. The van der Waals surface area contributed by atoms with E-state index in [2.05, 4.69) is 6.92 Å². The summed E-state index contributed by atoms with van der Waals surface area (Å²) < 4.78 is 0. The van der Waals surface area contributed by atoms with Crippen LogP contribution in [0.2, 0.25) is 0 Å². The Labute approximate surface area is 150 Å². The molecule has 0 aromatic rings. The molecule has 0 spiro atoms. The van der Waals surface area contributed by atoms with Crippen molar-refractivity contribution in [3.8, 4) is 0 Å². The van der Waals surface area contributed by atoms with Gasteiger partial charge in [-0.25, -0.2) is 0 Å². The summed E-state index contributed by atoms with van der Waals surface area (Å²) in [6.45, 7) is 2.50. The third kappa shape index (κ3) is 2.30. The Kier molecular flexibility index (Phi) is 3.50. The zero-order valence-electron chi connectivity index (χ0n) is 15.2. The summed E-state index contributed by atoms with van der Waals surface area (Å²) in [6.07, 6.45) is 11.4. The molecule has 3 nitrogen and oxygen atoms in total. The standard InChI is InChI=1S/C22H30O3/c1-22-9-8-15-14-5-3-13(23)10-12(14)2-4-16(15)21(22)18-11-17(18)19(22)6-7-20(24)25/h10,14-19,21H,2-9,11H2,1H3,(H,24,25). The van der Waals surface area contributed by atoms with Gasteiger partial charge in [0.1, 0.15) is 0 Å². The number of carboxylic acid groups (broad SMARTS) is 1. The predicted molar refractivity (Wildman–Crippen MR) is 94.8 cm³/mol. The zero-order chi connectivity index (χ0) is 17.3. The van der Waals surface area contributed by atoms with Crippen LogP contribution < -0.4 is 0 Å². The number of aliphatic carboxylic acids is 1. The van der Waals surface area contributed by atoms with Crippen molar-refractivity contribution in [3.63, 3.8) is 0 Å². The summed E-state index contributed by atoms with van der Waals surface area (Å²) in [5, 5.41) is 9.16. The number of hydrogen-bond donors (Lipinski definition) is 1. The molecule has 4 fully saturated rings. The minimum absolute atomic E-state index is 0.349. The number of carbonyl (C=O) groups is 2. The zero-order valence-corrected chi connectivity index (χ0v) is 15.2. The Balaban J connectivity index is 1.40. The van der Waals surface area contributed by atoms with Crippen molar-refractivity contribution in [2.24, 2.45) is 46.8 Å². The van der Waals surface area contributed by atoms with Gasteiger partial charge >= 0.3 is 5.97 Å². The summed E-state index contributed by atoms with van der Waals surface area (Å²) in [6, 6.07) is 0. The summed E-state index contributed by atoms with van der Waals surface area (Å²) in [5.41, 5.74) is 1.85. The molecule has 0 radical (unpaired) electrons. The van der Waals surface area contributed by atoms with E-state index in [0.717, 1.165) is 55.3 Å². The fourth-order valence-corrected chi connectivity index (χ4v) is 8.12. The van der Waals surface area contributed by atoms with Crippen LogP contribution in [-0.2, 0) is 9.59 Å². The van der Waals surface area contributed by atoms with Crippen LogP contribution in [0, 0.1) is 46.8 Å². The number of carboxylic acids is 1. The number of carbonyl (C=O) groups excluding carboxylic acids is 1. The van der Waals surface area contributed by atoms with Gasteiger partial charge in [-0.05, 0) is 97.9 Å². The van der Waals surface area contributed by atoms with Crippen molar-refractivity contribution >= 4 is 11.8 Å². The second-order valence-electron chi connectivity index (χ2n) is 9.87. The molecule has 0 aromatic carbocycles. The quantitative estimate of drug-likeness (QED) is 0.823. The number of rotatable bonds is 3. The third-order valence-corrected chi connectivity index (χ3v) is 8.98. The number of allylic oxidation sites excluding steroid dienone is 1. The Morgan fingerprint density at radius 3 is 2.80 bits per heavy atom. The molecule has 8 unspecified atom stereocenters. The van der Waals surface area contributed by atoms with Crippen molar-refractivity contribution in [1.29, 1.82) is 0 Å². The van der Waals surface area contributed by atoms with Gasteiger partial charge < -0.3 is 5.11 Å². The molecular formula is C22H30O3. The van der Waals surface area contributed by atoms with E-state index in [1.807, 2.05) is 6.08 Å². The van der Waals surface area contributed by atoms with Crippen LogP contribution >= 0.6 is 0 Å². The fraction of sp³-hybridized carbons (Fsp3) is 0.818. The fourth-order valence-electron chi connectivity index (χ4n) is 8.12. The first-order valence-corrected chi connectivity index (χ1v) is 10.4. The van der Waals surface area contributed by atoms with Crippen LogP contribution in [0.5, 0.6) is 0 Å². The average Bonchev–Trinajstić information content (AvgIpc) is 3.28. The van der Waals surface area contributed by atoms with Crippen molar-refractivity contribution in [2.75, 3.05) is 0 Å².